The van der Waals surface area contributed by atoms with Crippen molar-refractivity contribution in [2.24, 2.45) is 5.73 Å². The van der Waals surface area contributed by atoms with Crippen molar-refractivity contribution in [3.05, 3.63) is 71.8 Å². The largest absolute Gasteiger partial charge is 0.481 e. The van der Waals surface area contributed by atoms with E-state index in [0.29, 0.717) is 0 Å². The van der Waals surface area contributed by atoms with Crippen LogP contribution in [0.15, 0.2) is 60.7 Å². The second kappa shape index (κ2) is 11.0. The van der Waals surface area contributed by atoms with Crippen molar-refractivity contribution in [2.75, 3.05) is 0 Å². The van der Waals surface area contributed by atoms with Crippen molar-refractivity contribution in [2.45, 2.75) is 31.7 Å². The summed E-state index contributed by atoms with van der Waals surface area (Å²) in [7, 11) is 0. The van der Waals surface area contributed by atoms with Gasteiger partial charge in [0.25, 0.3) is 0 Å². The Balaban J connectivity index is 0.000000257. The lowest BCUT2D eigenvalue weighted by molar-refractivity contribution is -0.139. The number of carbonyl (C=O) groups is 2. The average Bonchev–Trinajstić information content (AvgIpc) is 2.60. The molecule has 0 aliphatic rings. The predicted octanol–water partition coefficient (Wildman–Crippen LogP) is 2.73. The van der Waals surface area contributed by atoms with Crippen LogP contribution in [0.3, 0.4) is 0 Å². The van der Waals surface area contributed by atoms with Gasteiger partial charge in [0.2, 0.25) is 0 Å². The number of rotatable bonds is 7. The lowest BCUT2D eigenvalue weighted by atomic mass is 10.0. The summed E-state index contributed by atoms with van der Waals surface area (Å²) < 4.78 is 0. The molecule has 2 aromatic rings. The Morgan fingerprint density at radius 2 is 1.25 bits per heavy atom. The molecule has 2 rings (SSSR count). The maximum absolute atomic E-state index is 9.99. The van der Waals surface area contributed by atoms with Crippen molar-refractivity contribution < 1.29 is 19.8 Å². The van der Waals surface area contributed by atoms with Gasteiger partial charge in [-0.05, 0) is 30.4 Å². The number of carboxylic acid groups (broad SMARTS) is 2. The average molecular weight is 329 g/mol. The molecule has 5 nitrogen and oxygen atoms in total. The fourth-order valence-electron chi connectivity index (χ4n) is 1.98. The van der Waals surface area contributed by atoms with Gasteiger partial charge in [0, 0.05) is 6.42 Å². The molecule has 0 saturated carbocycles. The van der Waals surface area contributed by atoms with Crippen LogP contribution in [0.1, 0.15) is 24.0 Å². The van der Waals surface area contributed by atoms with Gasteiger partial charge in [-0.3, -0.25) is 9.59 Å². The molecule has 0 fully saturated rings. The summed E-state index contributed by atoms with van der Waals surface area (Å²) in [4.78, 5) is 19.9. The molecule has 0 aromatic heterocycles. The smallest absolute Gasteiger partial charge is 0.320 e. The van der Waals surface area contributed by atoms with Gasteiger partial charge in [-0.1, -0.05) is 60.7 Å². The van der Waals surface area contributed by atoms with Crippen molar-refractivity contribution in [3.63, 3.8) is 0 Å². The van der Waals surface area contributed by atoms with Crippen LogP contribution >= 0.6 is 0 Å². The Hall–Kier alpha value is -2.66. The van der Waals surface area contributed by atoms with Gasteiger partial charge in [0.05, 0.1) is 0 Å². The molecule has 0 spiro atoms. The highest BCUT2D eigenvalue weighted by Gasteiger charge is 2.12. The zero-order valence-corrected chi connectivity index (χ0v) is 13.5. The predicted molar refractivity (Wildman–Crippen MR) is 92.8 cm³/mol. The maximum Gasteiger partial charge on any atom is 0.320 e. The molecule has 128 valence electrons. The van der Waals surface area contributed by atoms with Crippen LogP contribution in [-0.2, 0) is 22.4 Å². The fourth-order valence-corrected chi connectivity index (χ4v) is 1.98. The molecule has 0 aliphatic heterocycles. The van der Waals surface area contributed by atoms with Crippen molar-refractivity contribution >= 4 is 11.9 Å². The summed E-state index contributed by atoms with van der Waals surface area (Å²) in [5, 5.41) is 16.3. The first-order chi connectivity index (χ1) is 11.5. The van der Waals surface area contributed by atoms with E-state index in [-0.39, 0.29) is 12.8 Å². The van der Waals surface area contributed by atoms with Crippen LogP contribution in [0.5, 0.6) is 0 Å². The standard InChI is InChI=1S/C14H14.C5H9NO4/c1-3-7-13(8-4-1)11-12-14-9-5-2-6-10-14;6-3(5(9)10)1-2-4(7)8/h1-10H,11-12H2;3H,1-2,6H2,(H,7,8)(H,9,10). The summed E-state index contributed by atoms with van der Waals surface area (Å²) in [5.41, 5.74) is 7.83. The number of hydrogen-bond donors (Lipinski definition) is 3. The molecule has 0 amide bonds. The summed E-state index contributed by atoms with van der Waals surface area (Å²) >= 11 is 0. The first-order valence-electron chi connectivity index (χ1n) is 7.77. The van der Waals surface area contributed by atoms with Crippen LogP contribution in [0.25, 0.3) is 0 Å². The van der Waals surface area contributed by atoms with Crippen LogP contribution in [0.2, 0.25) is 0 Å². The first kappa shape index (κ1) is 19.4. The molecule has 24 heavy (non-hydrogen) atoms. The minimum Gasteiger partial charge on any atom is -0.481 e. The van der Waals surface area contributed by atoms with Gasteiger partial charge >= 0.3 is 11.9 Å². The number of nitrogens with two attached hydrogens (primary N) is 1. The highest BCUT2D eigenvalue weighted by molar-refractivity contribution is 5.74. The minimum absolute atomic E-state index is 0.0231. The Labute approximate surface area is 141 Å². The van der Waals surface area contributed by atoms with Crippen LogP contribution < -0.4 is 5.73 Å². The maximum atomic E-state index is 9.99. The summed E-state index contributed by atoms with van der Waals surface area (Å²) in [5.74, 6) is -2.20. The molecule has 0 saturated heterocycles. The van der Waals surface area contributed by atoms with E-state index >= 15 is 0 Å². The first-order valence-corrected chi connectivity index (χ1v) is 7.77. The van der Waals surface area contributed by atoms with E-state index in [9.17, 15) is 9.59 Å². The minimum atomic E-state index is -1.17. The Bertz CT molecular complexity index is 574. The molecule has 2 aromatic carbocycles. The lowest BCUT2D eigenvalue weighted by Crippen LogP contribution is -2.30. The van der Waals surface area contributed by atoms with Gasteiger partial charge in [0.15, 0.2) is 0 Å². The normalized spacial score (nSPS) is 11.0. The van der Waals surface area contributed by atoms with Gasteiger partial charge in [-0.25, -0.2) is 0 Å². The zero-order chi connectivity index (χ0) is 17.8. The summed E-state index contributed by atoms with van der Waals surface area (Å²) in [6.07, 6.45) is 2.04. The van der Waals surface area contributed by atoms with E-state index in [1.807, 2.05) is 0 Å². The molecule has 0 heterocycles. The SMILES string of the molecule is NC(CCC(=O)O)C(=O)O.c1ccc(CCc2ccccc2)cc1. The number of hydrogen-bond acceptors (Lipinski definition) is 3. The van der Waals surface area contributed by atoms with E-state index < -0.39 is 18.0 Å². The van der Waals surface area contributed by atoms with Crippen LogP contribution in [-0.4, -0.2) is 28.2 Å². The second-order valence-electron chi connectivity index (χ2n) is 5.35. The third kappa shape index (κ3) is 8.70. The highest BCUT2D eigenvalue weighted by atomic mass is 16.4. The fraction of sp³-hybridized carbons (Fsp3) is 0.263. The summed E-state index contributed by atoms with van der Waals surface area (Å²) in [6.45, 7) is 0. The lowest BCUT2D eigenvalue weighted by Gasteiger charge is -2.01. The Kier molecular flexibility index (Phi) is 8.86. The molecule has 1 unspecified atom stereocenters. The quantitative estimate of drug-likeness (QED) is 0.725. The molecule has 5 heteroatoms. The molecule has 0 radical (unpaired) electrons. The third-order valence-corrected chi connectivity index (χ3v) is 3.37. The third-order valence-electron chi connectivity index (χ3n) is 3.37. The molecule has 0 aliphatic carbocycles. The second-order valence-corrected chi connectivity index (χ2v) is 5.35. The van der Waals surface area contributed by atoms with E-state index in [0.717, 1.165) is 12.8 Å². The number of aliphatic carboxylic acids is 2. The number of carboxylic acids is 2. The van der Waals surface area contributed by atoms with Crippen LogP contribution in [0, 0.1) is 0 Å². The Morgan fingerprint density at radius 1 is 0.833 bits per heavy atom. The van der Waals surface area contributed by atoms with E-state index in [4.69, 9.17) is 15.9 Å². The van der Waals surface area contributed by atoms with Crippen molar-refractivity contribution in [1.82, 2.24) is 0 Å². The van der Waals surface area contributed by atoms with E-state index in [2.05, 4.69) is 60.7 Å². The van der Waals surface area contributed by atoms with Gasteiger partial charge in [-0.2, -0.15) is 0 Å². The molecular formula is C19H23NO4. The molecule has 4 N–H and O–H groups in total. The van der Waals surface area contributed by atoms with Gasteiger partial charge in [0.1, 0.15) is 6.04 Å². The zero-order valence-electron chi connectivity index (χ0n) is 13.5. The molecule has 1 atom stereocenters. The van der Waals surface area contributed by atoms with Crippen molar-refractivity contribution in [1.29, 1.82) is 0 Å². The van der Waals surface area contributed by atoms with Gasteiger partial charge < -0.3 is 15.9 Å². The monoisotopic (exact) mass is 329 g/mol. The molecule has 0 bridgehead atoms. The van der Waals surface area contributed by atoms with E-state index in [1.54, 1.807) is 0 Å². The van der Waals surface area contributed by atoms with Crippen molar-refractivity contribution in [3.8, 4) is 0 Å². The van der Waals surface area contributed by atoms with E-state index in [1.165, 1.54) is 11.1 Å². The number of benzene rings is 2. The number of aryl methyl sites for hydroxylation is 2. The summed E-state index contributed by atoms with van der Waals surface area (Å²) in [6, 6.07) is 20.2. The highest BCUT2D eigenvalue weighted by Crippen LogP contribution is 2.06. The van der Waals surface area contributed by atoms with Crippen LogP contribution in [0.4, 0.5) is 0 Å². The topological polar surface area (TPSA) is 101 Å². The Morgan fingerprint density at radius 3 is 1.58 bits per heavy atom. The van der Waals surface area contributed by atoms with Gasteiger partial charge in [-0.15, -0.1) is 0 Å². The molecular weight excluding hydrogens is 306 g/mol.